The molecule has 0 aromatic heterocycles. The van der Waals surface area contributed by atoms with Gasteiger partial charge in [0.25, 0.3) is 5.91 Å². The first-order chi connectivity index (χ1) is 15.8. The molecule has 1 aliphatic rings. The van der Waals surface area contributed by atoms with Crippen LogP contribution in [0.5, 0.6) is 0 Å². The summed E-state index contributed by atoms with van der Waals surface area (Å²) in [6, 6.07) is 21.6. The van der Waals surface area contributed by atoms with E-state index in [4.69, 9.17) is 28.2 Å². The molecular weight excluding hydrogens is 471 g/mol. The van der Waals surface area contributed by atoms with E-state index in [-0.39, 0.29) is 5.91 Å². The normalized spacial score (nSPS) is 15.0. The van der Waals surface area contributed by atoms with Gasteiger partial charge in [0.15, 0.2) is 5.17 Å². The summed E-state index contributed by atoms with van der Waals surface area (Å²) >= 11 is 13.9. The predicted molar refractivity (Wildman–Crippen MR) is 142 cm³/mol. The predicted octanol–water partition coefficient (Wildman–Crippen LogP) is 8.10. The molecule has 3 aromatic rings. The molecule has 3 aromatic carbocycles. The van der Waals surface area contributed by atoms with Gasteiger partial charge in [0.1, 0.15) is 5.70 Å². The molecule has 0 saturated carbocycles. The maximum atomic E-state index is 13.4. The molecule has 1 aliphatic heterocycles. The van der Waals surface area contributed by atoms with E-state index in [9.17, 15) is 4.79 Å². The number of thioether (sulfide) groups is 1. The number of hydrogen-bond donors (Lipinski definition) is 0. The molecule has 0 bridgehead atoms. The fourth-order valence-corrected chi connectivity index (χ4v) is 5.00. The molecule has 33 heavy (non-hydrogen) atoms. The van der Waals surface area contributed by atoms with E-state index in [1.165, 1.54) is 17.3 Å². The second-order valence-electron chi connectivity index (χ2n) is 8.25. The lowest BCUT2D eigenvalue weighted by molar-refractivity contribution is -0.113. The molecular formula is C27H24Cl2N2OS. The van der Waals surface area contributed by atoms with Gasteiger partial charge in [0.2, 0.25) is 0 Å². The van der Waals surface area contributed by atoms with Gasteiger partial charge in [0.05, 0.1) is 5.69 Å². The van der Waals surface area contributed by atoms with Crippen molar-refractivity contribution in [2.45, 2.75) is 32.4 Å². The topological polar surface area (TPSA) is 32.7 Å². The molecule has 0 radical (unpaired) electrons. The average Bonchev–Trinajstić information content (AvgIpc) is 3.09. The number of carbonyl (C=O) groups excluding carboxylic acids is 1. The van der Waals surface area contributed by atoms with Gasteiger partial charge in [-0.05, 0) is 59.9 Å². The Hall–Kier alpha value is -2.53. The fraction of sp³-hybridized carbons (Fsp3) is 0.185. The van der Waals surface area contributed by atoms with Crippen LogP contribution in [0.2, 0.25) is 10.0 Å². The Bertz CT molecular complexity index is 1230. The summed E-state index contributed by atoms with van der Waals surface area (Å²) in [5.41, 5.74) is 5.48. The Kier molecular flexibility index (Phi) is 7.28. The second kappa shape index (κ2) is 10.2. The van der Waals surface area contributed by atoms with Crippen molar-refractivity contribution in [3.63, 3.8) is 0 Å². The van der Waals surface area contributed by atoms with Crippen molar-refractivity contribution in [2.24, 2.45) is 4.99 Å². The van der Waals surface area contributed by atoms with Gasteiger partial charge in [-0.1, -0.05) is 96.8 Å². The highest BCUT2D eigenvalue weighted by atomic mass is 35.5. The summed E-state index contributed by atoms with van der Waals surface area (Å²) in [5.74, 6) is 0.884. The Labute approximate surface area is 209 Å². The van der Waals surface area contributed by atoms with Crippen molar-refractivity contribution in [3.05, 3.63) is 105 Å². The molecule has 6 heteroatoms. The third kappa shape index (κ3) is 5.52. The lowest BCUT2D eigenvalue weighted by atomic mass is 10.0. The molecule has 0 aliphatic carbocycles. The molecule has 1 amide bonds. The Balaban J connectivity index is 1.65. The molecule has 0 saturated heterocycles. The first-order valence-electron chi connectivity index (χ1n) is 10.7. The lowest BCUT2D eigenvalue weighted by Gasteiger charge is -2.18. The highest BCUT2D eigenvalue weighted by Crippen LogP contribution is 2.33. The SMILES string of the molecule is Cc1ccc(N2C(=O)C(=Cc3ccc(C(C)C)cc3)N=C2SCc2ccc(Cl)cc2Cl)cc1. The van der Waals surface area contributed by atoms with Crippen molar-refractivity contribution in [2.75, 3.05) is 4.90 Å². The summed E-state index contributed by atoms with van der Waals surface area (Å²) in [6.07, 6.45) is 1.84. The smallest absolute Gasteiger partial charge is 0.266 e. The van der Waals surface area contributed by atoms with E-state index in [1.54, 1.807) is 11.0 Å². The summed E-state index contributed by atoms with van der Waals surface area (Å²) in [6.45, 7) is 6.34. The van der Waals surface area contributed by atoms with Gasteiger partial charge in [-0.15, -0.1) is 0 Å². The average molecular weight is 495 g/mol. The number of hydrogen-bond acceptors (Lipinski definition) is 3. The Morgan fingerprint density at radius 3 is 2.33 bits per heavy atom. The number of nitrogens with zero attached hydrogens (tertiary/aromatic N) is 2. The zero-order chi connectivity index (χ0) is 23.5. The standard InChI is InChI=1S/C27H24Cl2N2OS/c1-17(2)20-8-6-19(7-9-20)14-25-26(32)31(23-12-4-18(3)5-13-23)27(30-25)33-16-21-10-11-22(28)15-24(21)29/h4-15,17H,16H2,1-3H3. The maximum absolute atomic E-state index is 13.4. The Morgan fingerprint density at radius 2 is 1.70 bits per heavy atom. The molecule has 0 atom stereocenters. The van der Waals surface area contributed by atoms with Crippen molar-refractivity contribution < 1.29 is 4.79 Å². The van der Waals surface area contributed by atoms with E-state index in [0.717, 1.165) is 22.4 Å². The van der Waals surface area contributed by atoms with Crippen LogP contribution in [0.3, 0.4) is 0 Å². The minimum absolute atomic E-state index is 0.142. The van der Waals surface area contributed by atoms with Gasteiger partial charge in [-0.3, -0.25) is 9.69 Å². The summed E-state index contributed by atoms with van der Waals surface area (Å²) in [4.78, 5) is 19.8. The number of aliphatic imine (C=N–C) groups is 1. The fourth-order valence-electron chi connectivity index (χ4n) is 3.43. The number of benzene rings is 3. The van der Waals surface area contributed by atoms with Crippen LogP contribution in [0.4, 0.5) is 5.69 Å². The van der Waals surface area contributed by atoms with E-state index in [0.29, 0.717) is 32.6 Å². The lowest BCUT2D eigenvalue weighted by Crippen LogP contribution is -2.30. The first kappa shape index (κ1) is 23.6. The number of amidine groups is 1. The van der Waals surface area contributed by atoms with Crippen molar-refractivity contribution >= 4 is 57.8 Å². The van der Waals surface area contributed by atoms with Crippen LogP contribution in [-0.2, 0) is 10.5 Å². The van der Waals surface area contributed by atoms with Crippen LogP contribution in [0, 0.1) is 6.92 Å². The molecule has 1 heterocycles. The van der Waals surface area contributed by atoms with E-state index in [1.807, 2.05) is 61.5 Å². The Morgan fingerprint density at radius 1 is 1.00 bits per heavy atom. The van der Waals surface area contributed by atoms with E-state index in [2.05, 4.69) is 26.0 Å². The van der Waals surface area contributed by atoms with Crippen LogP contribution in [0.25, 0.3) is 6.08 Å². The molecule has 0 spiro atoms. The molecule has 0 N–H and O–H groups in total. The van der Waals surface area contributed by atoms with Crippen LogP contribution in [0.1, 0.15) is 42.0 Å². The number of anilines is 1. The third-order valence-electron chi connectivity index (χ3n) is 5.40. The van der Waals surface area contributed by atoms with Crippen LogP contribution in [-0.4, -0.2) is 11.1 Å². The van der Waals surface area contributed by atoms with Crippen LogP contribution < -0.4 is 4.90 Å². The number of halogens is 2. The third-order valence-corrected chi connectivity index (χ3v) is 6.97. The molecule has 0 fully saturated rings. The van der Waals surface area contributed by atoms with E-state index >= 15 is 0 Å². The van der Waals surface area contributed by atoms with E-state index < -0.39 is 0 Å². The van der Waals surface area contributed by atoms with Crippen molar-refractivity contribution in [3.8, 4) is 0 Å². The van der Waals surface area contributed by atoms with Gasteiger partial charge >= 0.3 is 0 Å². The van der Waals surface area contributed by atoms with Gasteiger partial charge in [-0.25, -0.2) is 4.99 Å². The summed E-state index contributed by atoms with van der Waals surface area (Å²) in [5, 5.41) is 1.82. The highest BCUT2D eigenvalue weighted by Gasteiger charge is 2.32. The summed E-state index contributed by atoms with van der Waals surface area (Å²) in [7, 11) is 0. The van der Waals surface area contributed by atoms with Crippen LogP contribution in [0.15, 0.2) is 77.4 Å². The molecule has 168 valence electrons. The van der Waals surface area contributed by atoms with Crippen LogP contribution >= 0.6 is 35.0 Å². The largest absolute Gasteiger partial charge is 0.283 e. The minimum Gasteiger partial charge on any atom is -0.266 e. The maximum Gasteiger partial charge on any atom is 0.283 e. The zero-order valence-corrected chi connectivity index (χ0v) is 21.0. The minimum atomic E-state index is -0.142. The quantitative estimate of drug-likeness (QED) is 0.335. The number of rotatable bonds is 5. The van der Waals surface area contributed by atoms with Gasteiger partial charge in [-0.2, -0.15) is 0 Å². The molecule has 0 unspecified atom stereocenters. The van der Waals surface area contributed by atoms with Gasteiger partial charge in [0, 0.05) is 15.8 Å². The second-order valence-corrected chi connectivity index (χ2v) is 10.0. The van der Waals surface area contributed by atoms with Crippen molar-refractivity contribution in [1.82, 2.24) is 0 Å². The van der Waals surface area contributed by atoms with Gasteiger partial charge < -0.3 is 0 Å². The monoisotopic (exact) mass is 494 g/mol. The first-order valence-corrected chi connectivity index (χ1v) is 12.4. The zero-order valence-electron chi connectivity index (χ0n) is 18.7. The summed E-state index contributed by atoms with van der Waals surface area (Å²) < 4.78 is 0. The number of carbonyl (C=O) groups is 1. The molecule has 4 rings (SSSR count). The number of aryl methyl sites for hydroxylation is 1. The number of amides is 1. The highest BCUT2D eigenvalue weighted by molar-refractivity contribution is 8.13. The van der Waals surface area contributed by atoms with Crippen molar-refractivity contribution in [1.29, 1.82) is 0 Å². The molecule has 3 nitrogen and oxygen atoms in total.